The van der Waals surface area contributed by atoms with E-state index in [9.17, 15) is 26.4 Å². The maximum absolute atomic E-state index is 13.6. The van der Waals surface area contributed by atoms with Gasteiger partial charge in [-0.3, -0.25) is 14.1 Å². The van der Waals surface area contributed by atoms with Crippen LogP contribution >= 0.6 is 22.9 Å². The van der Waals surface area contributed by atoms with E-state index in [1.165, 1.54) is 43.5 Å². The van der Waals surface area contributed by atoms with Gasteiger partial charge in [0, 0.05) is 16.8 Å². The monoisotopic (exact) mass is 692 g/mol. The summed E-state index contributed by atoms with van der Waals surface area (Å²) in [4.78, 5) is 30.4. The van der Waals surface area contributed by atoms with Crippen molar-refractivity contribution in [2.24, 2.45) is 0 Å². The number of hydrogen-bond acceptors (Lipinski definition) is 9. The molecule has 0 aliphatic carbocycles. The van der Waals surface area contributed by atoms with E-state index in [1.807, 2.05) is 22.9 Å². The number of sulfone groups is 1. The zero-order valence-electron chi connectivity index (χ0n) is 23.7. The summed E-state index contributed by atoms with van der Waals surface area (Å²) in [7, 11) is -7.03. The van der Waals surface area contributed by atoms with Gasteiger partial charge in [0.2, 0.25) is 5.91 Å². The van der Waals surface area contributed by atoms with E-state index in [4.69, 9.17) is 20.9 Å². The molecule has 4 N–H and O–H groups in total. The smallest absolute Gasteiger partial charge is 0.407 e. The van der Waals surface area contributed by atoms with Crippen molar-refractivity contribution >= 4 is 60.8 Å². The van der Waals surface area contributed by atoms with Gasteiger partial charge in [0.05, 0.1) is 29.4 Å². The number of nitrogens with zero attached hydrogens (tertiary/aromatic N) is 1. The van der Waals surface area contributed by atoms with Crippen molar-refractivity contribution in [2.75, 3.05) is 11.8 Å². The van der Waals surface area contributed by atoms with Gasteiger partial charge in [-0.2, -0.15) is 8.42 Å². The maximum Gasteiger partial charge on any atom is 0.407 e. The molecule has 0 fully saturated rings. The lowest BCUT2D eigenvalue weighted by atomic mass is 10.0. The highest BCUT2D eigenvalue weighted by atomic mass is 35.5. The molecule has 2 amide bonds. The summed E-state index contributed by atoms with van der Waals surface area (Å²) in [5.41, 5.74) is 1.95. The molecule has 4 rings (SSSR count). The molecule has 0 radical (unpaired) electrons. The highest BCUT2D eigenvalue weighted by molar-refractivity contribution is 7.90. The number of halogens is 1. The number of rotatable bonds is 13. The van der Waals surface area contributed by atoms with Crippen molar-refractivity contribution in [3.63, 3.8) is 0 Å². The lowest BCUT2D eigenvalue weighted by Crippen LogP contribution is -2.49. The number of methoxy groups -OCH3 is 1. The van der Waals surface area contributed by atoms with Crippen LogP contribution in [0.1, 0.15) is 27.9 Å². The molecule has 3 aromatic carbocycles. The maximum atomic E-state index is 13.6. The van der Waals surface area contributed by atoms with Gasteiger partial charge < -0.3 is 15.4 Å². The van der Waals surface area contributed by atoms with Gasteiger partial charge in [0.15, 0.2) is 9.84 Å². The summed E-state index contributed by atoms with van der Waals surface area (Å²) in [6.07, 6.45) is -0.471. The van der Waals surface area contributed by atoms with Crippen LogP contribution in [0.2, 0.25) is 5.02 Å². The van der Waals surface area contributed by atoms with Crippen molar-refractivity contribution in [3.8, 4) is 0 Å². The van der Waals surface area contributed by atoms with E-state index in [0.29, 0.717) is 21.3 Å². The molecule has 12 nitrogen and oxygen atoms in total. The van der Waals surface area contributed by atoms with Gasteiger partial charge in [-0.15, -0.1) is 11.3 Å². The lowest BCUT2D eigenvalue weighted by Gasteiger charge is -2.23. The second kappa shape index (κ2) is 14.8. The third-order valence-corrected chi connectivity index (χ3v) is 9.89. The molecule has 16 heteroatoms. The molecule has 0 saturated carbocycles. The number of carbonyl (C=O) groups excluding carboxylic acids is 2. The fourth-order valence-corrected chi connectivity index (χ4v) is 7.33. The molecule has 2 unspecified atom stereocenters. The van der Waals surface area contributed by atoms with Gasteiger partial charge in [-0.1, -0.05) is 54.1 Å². The molecule has 2 atom stereocenters. The van der Waals surface area contributed by atoms with Crippen molar-refractivity contribution < 1.29 is 35.7 Å². The molecule has 1 heterocycles. The number of alkyl carbamates (subject to hydrolysis) is 1. The fraction of sp³-hybridized carbons (Fsp3) is 0.207. The Balaban J connectivity index is 1.61. The molecule has 4 aromatic rings. The predicted octanol–water partition coefficient (Wildman–Crippen LogP) is 4.35. The number of thiazole rings is 1. The Hall–Kier alpha value is -4.02. The van der Waals surface area contributed by atoms with E-state index in [0.717, 1.165) is 16.9 Å². The van der Waals surface area contributed by atoms with Gasteiger partial charge in [0.1, 0.15) is 16.8 Å². The average Bonchev–Trinajstić information content (AvgIpc) is 3.45. The van der Waals surface area contributed by atoms with Gasteiger partial charge >= 0.3 is 16.4 Å². The first kappa shape index (κ1) is 33.9. The Labute approximate surface area is 269 Å². The summed E-state index contributed by atoms with van der Waals surface area (Å²) in [6, 6.07) is 19.1. The highest BCUT2D eigenvalue weighted by Crippen LogP contribution is 2.26. The van der Waals surface area contributed by atoms with Crippen LogP contribution in [0.25, 0.3) is 0 Å². The van der Waals surface area contributed by atoms with Crippen LogP contribution in [0.3, 0.4) is 0 Å². The van der Waals surface area contributed by atoms with E-state index in [2.05, 4.69) is 15.6 Å². The third kappa shape index (κ3) is 10.3. The minimum Gasteiger partial charge on any atom is -0.453 e. The largest absolute Gasteiger partial charge is 0.453 e. The lowest BCUT2D eigenvalue weighted by molar-refractivity contribution is -0.123. The van der Waals surface area contributed by atoms with Crippen molar-refractivity contribution in [3.05, 3.63) is 111 Å². The van der Waals surface area contributed by atoms with E-state index >= 15 is 0 Å². The fourth-order valence-electron chi connectivity index (χ4n) is 4.29. The molecule has 238 valence electrons. The summed E-state index contributed by atoms with van der Waals surface area (Å²) in [6.45, 7) is 0. The molecular weight excluding hydrogens is 664 g/mol. The molecule has 0 aliphatic rings. The first-order chi connectivity index (χ1) is 21.3. The Morgan fingerprint density at radius 3 is 2.18 bits per heavy atom. The first-order valence-electron chi connectivity index (χ1n) is 13.3. The van der Waals surface area contributed by atoms with Crippen LogP contribution in [-0.4, -0.2) is 51.5 Å². The van der Waals surface area contributed by atoms with Crippen LogP contribution in [0.4, 0.5) is 10.5 Å². The van der Waals surface area contributed by atoms with Gasteiger partial charge in [-0.05, 0) is 53.9 Å². The van der Waals surface area contributed by atoms with Crippen LogP contribution in [0, 0.1) is 0 Å². The SMILES string of the molecule is COC(=O)NC(Cc1ccccc1)C(=O)NC(Cc1ccc(NS(=O)(=O)O)cc1)c1csc(CS(=O)(=O)c2ccc(Cl)cc2)n1. The molecule has 45 heavy (non-hydrogen) atoms. The van der Waals surface area contributed by atoms with Crippen molar-refractivity contribution in [1.29, 1.82) is 0 Å². The average molecular weight is 693 g/mol. The summed E-state index contributed by atoms with van der Waals surface area (Å²) < 4.78 is 64.1. The molecule has 0 saturated heterocycles. The zero-order chi connectivity index (χ0) is 32.6. The first-order valence-corrected chi connectivity index (χ1v) is 17.6. The Morgan fingerprint density at radius 1 is 0.911 bits per heavy atom. The number of hydrogen-bond donors (Lipinski definition) is 4. The molecule has 0 aliphatic heterocycles. The second-order valence-corrected chi connectivity index (χ2v) is 14.3. The number of amides is 2. The summed E-state index contributed by atoms with van der Waals surface area (Å²) in [5.74, 6) is -0.918. The minimum atomic E-state index is -4.47. The standard InChI is InChI=1S/C29H29ClN4O8S3/c1-42-29(36)33-25(16-19-5-3-2-4-6-19)28(35)32-24(15-20-7-11-22(12-8-20)34-45(39,40)41)26-17-43-27(31-26)18-44(37,38)23-13-9-21(30)10-14-23/h2-14,17,24-25,34H,15-16,18H2,1H3,(H,32,35)(H,33,36)(H,39,40,41). The molecule has 1 aromatic heterocycles. The summed E-state index contributed by atoms with van der Waals surface area (Å²) >= 11 is 7.01. The van der Waals surface area contributed by atoms with E-state index in [-0.39, 0.29) is 29.2 Å². The normalized spacial score (nSPS) is 13.0. The van der Waals surface area contributed by atoms with E-state index in [1.54, 1.807) is 29.6 Å². The third-order valence-electron chi connectivity index (χ3n) is 6.45. The second-order valence-electron chi connectivity index (χ2n) is 9.80. The Bertz CT molecular complexity index is 1830. The topological polar surface area (TPSA) is 181 Å². The number of carbonyl (C=O) groups is 2. The molecular formula is C29H29ClN4O8S3. The number of anilines is 1. The molecule has 0 spiro atoms. The Kier molecular flexibility index (Phi) is 11.2. The zero-order valence-corrected chi connectivity index (χ0v) is 26.9. The van der Waals surface area contributed by atoms with Crippen molar-refractivity contribution in [2.45, 2.75) is 35.6 Å². The summed E-state index contributed by atoms with van der Waals surface area (Å²) in [5, 5.41) is 7.81. The van der Waals surface area contributed by atoms with E-state index < -0.39 is 44.2 Å². The number of benzene rings is 3. The minimum absolute atomic E-state index is 0.0877. The quantitative estimate of drug-likeness (QED) is 0.148. The predicted molar refractivity (Wildman–Crippen MR) is 170 cm³/mol. The molecule has 0 bridgehead atoms. The number of nitrogens with one attached hydrogen (secondary N) is 3. The Morgan fingerprint density at radius 2 is 1.56 bits per heavy atom. The van der Waals surface area contributed by atoms with Gasteiger partial charge in [0.25, 0.3) is 0 Å². The highest BCUT2D eigenvalue weighted by Gasteiger charge is 2.27. The van der Waals surface area contributed by atoms with Crippen LogP contribution in [0.15, 0.2) is 89.1 Å². The number of aromatic nitrogens is 1. The van der Waals surface area contributed by atoms with Crippen LogP contribution in [0.5, 0.6) is 0 Å². The van der Waals surface area contributed by atoms with Crippen molar-refractivity contribution in [1.82, 2.24) is 15.6 Å². The number of ether oxygens (including phenoxy) is 1. The van der Waals surface area contributed by atoms with Gasteiger partial charge in [-0.25, -0.2) is 18.2 Å². The van der Waals surface area contributed by atoms with Crippen LogP contribution in [-0.2, 0) is 48.3 Å². The van der Waals surface area contributed by atoms with Crippen LogP contribution < -0.4 is 15.4 Å².